The molecule has 2 aromatic carbocycles. The van der Waals surface area contributed by atoms with Crippen LogP contribution in [0.1, 0.15) is 5.56 Å². The van der Waals surface area contributed by atoms with Gasteiger partial charge in [-0.25, -0.2) is 4.39 Å². The average Bonchev–Trinajstić information content (AvgIpc) is 2.40. The third kappa shape index (κ3) is 2.47. The van der Waals surface area contributed by atoms with Gasteiger partial charge >= 0.3 is 0 Å². The lowest BCUT2D eigenvalue weighted by molar-refractivity contribution is 0.624. The molecule has 0 unspecified atom stereocenters. The van der Waals surface area contributed by atoms with E-state index in [0.717, 1.165) is 10.6 Å². The summed E-state index contributed by atoms with van der Waals surface area (Å²) >= 11 is 1.59. The molecule has 1 N–H and O–H groups in total. The molecule has 0 fully saturated rings. The number of para-hydroxylation sites is 1. The number of nitriles is 1. The summed E-state index contributed by atoms with van der Waals surface area (Å²) in [6.45, 7) is 0. The maximum Gasteiger partial charge on any atom is 0.143 e. The van der Waals surface area contributed by atoms with Gasteiger partial charge in [-0.1, -0.05) is 18.2 Å². The molecule has 2 rings (SSSR count). The normalized spacial score (nSPS) is 9.83. The van der Waals surface area contributed by atoms with E-state index in [1.54, 1.807) is 23.9 Å². The Labute approximate surface area is 109 Å². The van der Waals surface area contributed by atoms with Gasteiger partial charge in [0.2, 0.25) is 0 Å². The molecule has 0 saturated heterocycles. The van der Waals surface area contributed by atoms with Crippen LogP contribution in [0.5, 0.6) is 0 Å². The van der Waals surface area contributed by atoms with E-state index in [4.69, 9.17) is 5.26 Å². The van der Waals surface area contributed by atoms with E-state index in [1.807, 2.05) is 36.6 Å². The standard InChI is InChI=1S/C14H11FN2S/c1-18-14-8-3-2-6-13(14)17-12-7-4-5-11(15)10(12)9-16/h2-8,17H,1H3. The second-order valence-electron chi connectivity index (χ2n) is 3.60. The molecule has 0 aliphatic rings. The van der Waals surface area contributed by atoms with Crippen molar-refractivity contribution in [2.75, 3.05) is 11.6 Å². The number of benzene rings is 2. The minimum Gasteiger partial charge on any atom is -0.353 e. The lowest BCUT2D eigenvalue weighted by Crippen LogP contribution is -1.97. The van der Waals surface area contributed by atoms with Crippen LogP contribution in [0.15, 0.2) is 47.4 Å². The summed E-state index contributed by atoms with van der Waals surface area (Å²) in [4.78, 5) is 1.05. The minimum absolute atomic E-state index is 0.0356. The summed E-state index contributed by atoms with van der Waals surface area (Å²) in [5.74, 6) is -0.510. The first kappa shape index (κ1) is 12.5. The van der Waals surface area contributed by atoms with Crippen LogP contribution in [0.4, 0.5) is 15.8 Å². The predicted octanol–water partition coefficient (Wildman–Crippen LogP) is 4.16. The van der Waals surface area contributed by atoms with Crippen LogP contribution in [-0.2, 0) is 0 Å². The van der Waals surface area contributed by atoms with E-state index in [9.17, 15) is 4.39 Å². The smallest absolute Gasteiger partial charge is 0.143 e. The van der Waals surface area contributed by atoms with Crippen molar-refractivity contribution in [2.45, 2.75) is 4.90 Å². The molecule has 0 radical (unpaired) electrons. The zero-order chi connectivity index (χ0) is 13.0. The number of halogens is 1. The number of thioether (sulfide) groups is 1. The maximum atomic E-state index is 13.5. The van der Waals surface area contributed by atoms with E-state index in [1.165, 1.54) is 6.07 Å². The van der Waals surface area contributed by atoms with Gasteiger partial charge in [0.05, 0.1) is 11.4 Å². The summed E-state index contributed by atoms with van der Waals surface area (Å²) in [5.41, 5.74) is 1.39. The van der Waals surface area contributed by atoms with Crippen LogP contribution in [0, 0.1) is 17.1 Å². The zero-order valence-electron chi connectivity index (χ0n) is 9.77. The minimum atomic E-state index is -0.510. The SMILES string of the molecule is CSc1ccccc1Nc1cccc(F)c1C#N. The van der Waals surface area contributed by atoms with E-state index in [0.29, 0.717) is 5.69 Å². The molecule has 0 aliphatic carbocycles. The second-order valence-corrected chi connectivity index (χ2v) is 4.45. The molecule has 18 heavy (non-hydrogen) atoms. The summed E-state index contributed by atoms with van der Waals surface area (Å²) in [7, 11) is 0. The molecule has 0 aromatic heterocycles. The quantitative estimate of drug-likeness (QED) is 0.839. The Morgan fingerprint density at radius 1 is 1.11 bits per heavy atom. The fourth-order valence-corrected chi connectivity index (χ4v) is 2.19. The molecule has 90 valence electrons. The summed E-state index contributed by atoms with van der Waals surface area (Å²) in [6, 6.07) is 14.1. The third-order valence-corrected chi connectivity index (χ3v) is 3.30. The number of nitrogens with zero attached hydrogens (tertiary/aromatic N) is 1. The molecular formula is C14H11FN2S. The molecule has 2 aromatic rings. The number of hydrogen-bond donors (Lipinski definition) is 1. The van der Waals surface area contributed by atoms with Crippen molar-refractivity contribution in [1.29, 1.82) is 5.26 Å². The lowest BCUT2D eigenvalue weighted by Gasteiger charge is -2.11. The van der Waals surface area contributed by atoms with E-state index in [-0.39, 0.29) is 5.56 Å². The Bertz CT molecular complexity index is 605. The summed E-state index contributed by atoms with van der Waals surface area (Å²) in [6.07, 6.45) is 1.97. The maximum absolute atomic E-state index is 13.5. The Morgan fingerprint density at radius 2 is 1.83 bits per heavy atom. The molecule has 0 aliphatic heterocycles. The lowest BCUT2D eigenvalue weighted by atomic mass is 10.1. The van der Waals surface area contributed by atoms with Crippen LogP contribution in [0.3, 0.4) is 0 Å². The van der Waals surface area contributed by atoms with Gasteiger partial charge in [0.1, 0.15) is 17.4 Å². The topological polar surface area (TPSA) is 35.8 Å². The highest BCUT2D eigenvalue weighted by molar-refractivity contribution is 7.98. The molecule has 2 nitrogen and oxygen atoms in total. The predicted molar refractivity (Wildman–Crippen MR) is 72.6 cm³/mol. The summed E-state index contributed by atoms with van der Waals surface area (Å²) < 4.78 is 13.5. The van der Waals surface area contributed by atoms with Gasteiger partial charge in [-0.05, 0) is 30.5 Å². The van der Waals surface area contributed by atoms with E-state index in [2.05, 4.69) is 5.32 Å². The van der Waals surface area contributed by atoms with Gasteiger partial charge in [-0.15, -0.1) is 11.8 Å². The number of nitrogens with one attached hydrogen (secondary N) is 1. The fourth-order valence-electron chi connectivity index (χ4n) is 1.63. The molecule has 4 heteroatoms. The number of rotatable bonds is 3. The molecule has 0 spiro atoms. The highest BCUT2D eigenvalue weighted by Gasteiger charge is 2.09. The molecule has 0 atom stereocenters. The van der Waals surface area contributed by atoms with Crippen molar-refractivity contribution in [1.82, 2.24) is 0 Å². The third-order valence-electron chi connectivity index (χ3n) is 2.50. The van der Waals surface area contributed by atoms with Crippen LogP contribution < -0.4 is 5.32 Å². The highest BCUT2D eigenvalue weighted by Crippen LogP contribution is 2.29. The van der Waals surface area contributed by atoms with Gasteiger partial charge in [-0.3, -0.25) is 0 Å². The van der Waals surface area contributed by atoms with Crippen molar-refractivity contribution in [3.05, 3.63) is 53.8 Å². The Hall–Kier alpha value is -1.99. The molecule has 0 amide bonds. The van der Waals surface area contributed by atoms with Gasteiger partial charge in [0.25, 0.3) is 0 Å². The van der Waals surface area contributed by atoms with Crippen molar-refractivity contribution in [3.8, 4) is 6.07 Å². The Balaban J connectivity index is 2.41. The Morgan fingerprint density at radius 3 is 2.56 bits per heavy atom. The first-order chi connectivity index (χ1) is 8.76. The first-order valence-corrected chi connectivity index (χ1v) is 6.57. The van der Waals surface area contributed by atoms with Crippen molar-refractivity contribution in [3.63, 3.8) is 0 Å². The number of hydrogen-bond acceptors (Lipinski definition) is 3. The largest absolute Gasteiger partial charge is 0.353 e. The average molecular weight is 258 g/mol. The van der Waals surface area contributed by atoms with Crippen molar-refractivity contribution in [2.24, 2.45) is 0 Å². The van der Waals surface area contributed by atoms with Crippen LogP contribution in [-0.4, -0.2) is 6.26 Å². The van der Waals surface area contributed by atoms with Crippen LogP contribution in [0.2, 0.25) is 0 Å². The van der Waals surface area contributed by atoms with Gasteiger partial charge in [0, 0.05) is 4.90 Å². The molecule has 0 saturated carbocycles. The van der Waals surface area contributed by atoms with Crippen molar-refractivity contribution < 1.29 is 4.39 Å². The molecular weight excluding hydrogens is 247 g/mol. The van der Waals surface area contributed by atoms with Gasteiger partial charge < -0.3 is 5.32 Å². The first-order valence-electron chi connectivity index (χ1n) is 5.35. The van der Waals surface area contributed by atoms with E-state index >= 15 is 0 Å². The summed E-state index contributed by atoms with van der Waals surface area (Å²) in [5, 5.41) is 12.1. The van der Waals surface area contributed by atoms with E-state index < -0.39 is 5.82 Å². The van der Waals surface area contributed by atoms with Crippen molar-refractivity contribution >= 4 is 23.1 Å². The second kappa shape index (κ2) is 5.56. The monoisotopic (exact) mass is 258 g/mol. The Kier molecular flexibility index (Phi) is 3.85. The molecule has 0 heterocycles. The van der Waals surface area contributed by atoms with Crippen LogP contribution >= 0.6 is 11.8 Å². The zero-order valence-corrected chi connectivity index (χ0v) is 10.6. The fraction of sp³-hybridized carbons (Fsp3) is 0.0714. The van der Waals surface area contributed by atoms with Gasteiger partial charge in [-0.2, -0.15) is 5.26 Å². The van der Waals surface area contributed by atoms with Crippen LogP contribution in [0.25, 0.3) is 0 Å². The highest BCUT2D eigenvalue weighted by atomic mass is 32.2. The van der Waals surface area contributed by atoms with Gasteiger partial charge in [0.15, 0.2) is 0 Å². The number of anilines is 2. The molecule has 0 bridgehead atoms.